The molecule has 0 saturated carbocycles. The van der Waals surface area contributed by atoms with Gasteiger partial charge in [0.2, 0.25) is 0 Å². The Hall–Kier alpha value is -3.15. The van der Waals surface area contributed by atoms with Crippen LogP contribution in [0, 0.1) is 5.92 Å². The van der Waals surface area contributed by atoms with E-state index in [1.54, 1.807) is 12.1 Å². The van der Waals surface area contributed by atoms with Gasteiger partial charge in [-0.15, -0.1) is 0 Å². The Morgan fingerprint density at radius 3 is 2.71 bits per heavy atom. The molecule has 34 heavy (non-hydrogen) atoms. The average molecular weight is 495 g/mol. The summed E-state index contributed by atoms with van der Waals surface area (Å²) in [6, 6.07) is 16.0. The molecule has 1 amide bonds. The maximum atomic E-state index is 13.3. The van der Waals surface area contributed by atoms with Gasteiger partial charge in [0.15, 0.2) is 0 Å². The second kappa shape index (κ2) is 9.24. The molecule has 3 N–H and O–H groups in total. The standard InChI is InChI=1S/C27H24Cl2N2O3/c1-2-34-17-11-9-16(10-12-17)30-27(33)21-8-4-7-19-18-5-3-6-20(18)25(31-24(19)21)22-13-15(28)14-23(29)26(22)32/h3-5,7-14,18,20,25,31-32H,2,6H2,1H3,(H,30,33). The van der Waals surface area contributed by atoms with Crippen LogP contribution >= 0.6 is 23.2 Å². The maximum absolute atomic E-state index is 13.3. The Kier molecular flexibility index (Phi) is 6.15. The highest BCUT2D eigenvalue weighted by Gasteiger charge is 2.40. The van der Waals surface area contributed by atoms with E-state index in [2.05, 4.69) is 22.8 Å². The number of rotatable bonds is 5. The number of phenols is 1. The van der Waals surface area contributed by atoms with Crippen LogP contribution in [0.5, 0.6) is 11.5 Å². The molecular weight excluding hydrogens is 471 g/mol. The van der Waals surface area contributed by atoms with E-state index >= 15 is 0 Å². The molecule has 0 radical (unpaired) electrons. The number of anilines is 2. The Bertz CT molecular complexity index is 1270. The molecule has 3 unspecified atom stereocenters. The molecule has 5 nitrogen and oxygen atoms in total. The van der Waals surface area contributed by atoms with Crippen molar-refractivity contribution < 1.29 is 14.6 Å². The number of amides is 1. The number of benzene rings is 3. The van der Waals surface area contributed by atoms with Crippen molar-refractivity contribution in [3.63, 3.8) is 0 Å². The Morgan fingerprint density at radius 2 is 1.94 bits per heavy atom. The third-order valence-corrected chi connectivity index (χ3v) is 6.96. The maximum Gasteiger partial charge on any atom is 0.257 e. The highest BCUT2D eigenvalue weighted by molar-refractivity contribution is 6.35. The SMILES string of the molecule is CCOc1ccc(NC(=O)c2cccc3c2NC(c2cc(Cl)cc(Cl)c2O)C2CC=CC32)cc1. The lowest BCUT2D eigenvalue weighted by atomic mass is 9.76. The van der Waals surface area contributed by atoms with Gasteiger partial charge in [-0.1, -0.05) is 47.5 Å². The molecular formula is C27H24Cl2N2O3. The Morgan fingerprint density at radius 1 is 1.15 bits per heavy atom. The summed E-state index contributed by atoms with van der Waals surface area (Å²) in [5.41, 5.74) is 3.64. The lowest BCUT2D eigenvalue weighted by Gasteiger charge is -2.38. The molecule has 7 heteroatoms. The number of hydrogen-bond donors (Lipinski definition) is 3. The minimum Gasteiger partial charge on any atom is -0.506 e. The van der Waals surface area contributed by atoms with E-state index in [0.29, 0.717) is 28.4 Å². The second-order valence-electron chi connectivity index (χ2n) is 8.48. The molecule has 0 aromatic heterocycles. The predicted molar refractivity (Wildman–Crippen MR) is 136 cm³/mol. The number of aromatic hydroxyl groups is 1. The summed E-state index contributed by atoms with van der Waals surface area (Å²) in [4.78, 5) is 13.3. The third kappa shape index (κ3) is 4.10. The number of para-hydroxylation sites is 1. The largest absolute Gasteiger partial charge is 0.506 e. The van der Waals surface area contributed by atoms with E-state index in [4.69, 9.17) is 27.9 Å². The van der Waals surface area contributed by atoms with Crippen molar-refractivity contribution in [2.24, 2.45) is 5.92 Å². The first kappa shape index (κ1) is 22.6. The topological polar surface area (TPSA) is 70.6 Å². The lowest BCUT2D eigenvalue weighted by Crippen LogP contribution is -2.31. The highest BCUT2D eigenvalue weighted by Crippen LogP contribution is 2.52. The summed E-state index contributed by atoms with van der Waals surface area (Å²) >= 11 is 12.5. The molecule has 1 heterocycles. The first-order valence-corrected chi connectivity index (χ1v) is 12.0. The highest BCUT2D eigenvalue weighted by atomic mass is 35.5. The van der Waals surface area contributed by atoms with Crippen molar-refractivity contribution >= 4 is 40.5 Å². The van der Waals surface area contributed by atoms with Crippen molar-refractivity contribution in [1.82, 2.24) is 0 Å². The predicted octanol–water partition coefficient (Wildman–Crippen LogP) is 7.18. The fourth-order valence-corrected chi connectivity index (χ4v) is 5.45. The zero-order valence-corrected chi connectivity index (χ0v) is 20.0. The third-order valence-electron chi connectivity index (χ3n) is 6.46. The first-order valence-electron chi connectivity index (χ1n) is 11.2. The summed E-state index contributed by atoms with van der Waals surface area (Å²) in [5.74, 6) is 0.810. The summed E-state index contributed by atoms with van der Waals surface area (Å²) in [6.45, 7) is 2.51. The summed E-state index contributed by atoms with van der Waals surface area (Å²) in [7, 11) is 0. The number of hydrogen-bond acceptors (Lipinski definition) is 4. The van der Waals surface area contributed by atoms with Gasteiger partial charge in [-0.05, 0) is 67.3 Å². The molecule has 1 aliphatic carbocycles. The van der Waals surface area contributed by atoms with Crippen molar-refractivity contribution in [2.75, 3.05) is 17.2 Å². The molecule has 3 aromatic carbocycles. The van der Waals surface area contributed by atoms with Gasteiger partial charge in [0.1, 0.15) is 11.5 Å². The minimum atomic E-state index is -0.261. The molecule has 2 aliphatic rings. The normalized spacial score (nSPS) is 20.3. The van der Waals surface area contributed by atoms with Crippen molar-refractivity contribution in [1.29, 1.82) is 0 Å². The molecule has 5 rings (SSSR count). The number of carbonyl (C=O) groups is 1. The fraction of sp³-hybridized carbons (Fsp3) is 0.222. The zero-order chi connectivity index (χ0) is 23.8. The van der Waals surface area contributed by atoms with Crippen LogP contribution in [0.3, 0.4) is 0 Å². The van der Waals surface area contributed by atoms with Crippen LogP contribution in [-0.2, 0) is 0 Å². The van der Waals surface area contributed by atoms with Crippen LogP contribution in [0.25, 0.3) is 0 Å². The number of ether oxygens (including phenoxy) is 1. The van der Waals surface area contributed by atoms with Gasteiger partial charge < -0.3 is 20.5 Å². The van der Waals surface area contributed by atoms with Gasteiger partial charge in [0.25, 0.3) is 5.91 Å². The summed E-state index contributed by atoms with van der Waals surface area (Å²) < 4.78 is 5.48. The van der Waals surface area contributed by atoms with Gasteiger partial charge in [0, 0.05) is 22.2 Å². The van der Waals surface area contributed by atoms with Gasteiger partial charge in [0.05, 0.1) is 28.9 Å². The molecule has 174 valence electrons. The van der Waals surface area contributed by atoms with Crippen LogP contribution in [0.1, 0.15) is 46.8 Å². The average Bonchev–Trinajstić information content (AvgIpc) is 3.32. The molecule has 0 saturated heterocycles. The quantitative estimate of drug-likeness (QED) is 0.328. The van der Waals surface area contributed by atoms with Crippen molar-refractivity contribution in [3.05, 3.63) is 93.5 Å². The first-order chi connectivity index (χ1) is 16.5. The van der Waals surface area contributed by atoms with E-state index in [0.717, 1.165) is 23.4 Å². The number of carbonyl (C=O) groups excluding carboxylic acids is 1. The summed E-state index contributed by atoms with van der Waals surface area (Å²) in [5, 5.41) is 17.9. The molecule has 1 aliphatic heterocycles. The second-order valence-corrected chi connectivity index (χ2v) is 9.33. The fourth-order valence-electron chi connectivity index (χ4n) is 4.94. The van der Waals surface area contributed by atoms with Crippen LogP contribution in [0.4, 0.5) is 11.4 Å². The van der Waals surface area contributed by atoms with Gasteiger partial charge in [-0.2, -0.15) is 0 Å². The number of halogens is 2. The van der Waals surface area contributed by atoms with Gasteiger partial charge in [-0.25, -0.2) is 0 Å². The van der Waals surface area contributed by atoms with E-state index in [1.807, 2.05) is 43.3 Å². The molecule has 3 atom stereocenters. The molecule has 3 aromatic rings. The molecule has 0 bridgehead atoms. The number of fused-ring (bicyclic) bond motifs is 3. The van der Waals surface area contributed by atoms with Crippen LogP contribution in [-0.4, -0.2) is 17.6 Å². The molecule has 0 spiro atoms. The number of nitrogens with one attached hydrogen (secondary N) is 2. The van der Waals surface area contributed by atoms with E-state index in [9.17, 15) is 9.90 Å². The zero-order valence-electron chi connectivity index (χ0n) is 18.5. The molecule has 0 fully saturated rings. The Labute approximate surface area is 208 Å². The van der Waals surface area contributed by atoms with E-state index < -0.39 is 0 Å². The van der Waals surface area contributed by atoms with Crippen molar-refractivity contribution in [2.45, 2.75) is 25.3 Å². The van der Waals surface area contributed by atoms with Crippen LogP contribution < -0.4 is 15.4 Å². The van der Waals surface area contributed by atoms with Gasteiger partial charge in [-0.3, -0.25) is 4.79 Å². The lowest BCUT2D eigenvalue weighted by molar-refractivity contribution is 0.102. The summed E-state index contributed by atoms with van der Waals surface area (Å²) in [6.07, 6.45) is 5.16. The monoisotopic (exact) mass is 494 g/mol. The van der Waals surface area contributed by atoms with Crippen LogP contribution in [0.15, 0.2) is 66.7 Å². The van der Waals surface area contributed by atoms with Crippen LogP contribution in [0.2, 0.25) is 10.0 Å². The van der Waals surface area contributed by atoms with Gasteiger partial charge >= 0.3 is 0 Å². The van der Waals surface area contributed by atoms with Crippen molar-refractivity contribution in [3.8, 4) is 11.5 Å². The Balaban J connectivity index is 1.50. The van der Waals surface area contributed by atoms with E-state index in [1.165, 1.54) is 6.07 Å². The smallest absolute Gasteiger partial charge is 0.257 e. The number of phenolic OH excluding ortho intramolecular Hbond substituents is 1. The minimum absolute atomic E-state index is 0.00832. The number of allylic oxidation sites excluding steroid dienone is 2. The van der Waals surface area contributed by atoms with E-state index in [-0.39, 0.29) is 34.6 Å².